The Kier molecular flexibility index (Phi) is 5.62. The first-order valence-corrected chi connectivity index (χ1v) is 10.0. The van der Waals surface area contributed by atoms with Crippen molar-refractivity contribution in [1.82, 2.24) is 15.0 Å². The maximum absolute atomic E-state index is 14.4. The number of thiophene rings is 1. The maximum Gasteiger partial charge on any atom is 0.277 e. The Morgan fingerprint density at radius 2 is 1.93 bits per heavy atom. The quantitative estimate of drug-likeness (QED) is 0.471. The van der Waals surface area contributed by atoms with Crippen molar-refractivity contribution in [1.29, 1.82) is 0 Å². The van der Waals surface area contributed by atoms with Crippen molar-refractivity contribution in [2.75, 3.05) is 4.90 Å². The van der Waals surface area contributed by atoms with E-state index in [4.69, 9.17) is 0 Å². The van der Waals surface area contributed by atoms with Crippen LogP contribution in [0.1, 0.15) is 11.3 Å². The Morgan fingerprint density at radius 1 is 1.10 bits per heavy atom. The molecule has 9 heteroatoms. The molecule has 0 unspecified atom stereocenters. The molecule has 6 nitrogen and oxygen atoms in total. The third-order valence-electron chi connectivity index (χ3n) is 4.56. The highest BCUT2D eigenvalue weighted by Gasteiger charge is 2.21. The third kappa shape index (κ3) is 4.11. The molecular formula is C21H16F2N4O2S. The Morgan fingerprint density at radius 3 is 2.70 bits per heavy atom. The summed E-state index contributed by atoms with van der Waals surface area (Å²) < 4.78 is 28.8. The van der Waals surface area contributed by atoms with E-state index >= 15 is 0 Å². The molecule has 4 aromatic rings. The van der Waals surface area contributed by atoms with Crippen LogP contribution < -0.4 is 10.5 Å². The highest BCUT2D eigenvalue weighted by molar-refractivity contribution is 7.09. The van der Waals surface area contributed by atoms with E-state index in [1.165, 1.54) is 22.3 Å². The van der Waals surface area contributed by atoms with Crippen LogP contribution in [0.15, 0.2) is 64.8 Å². The summed E-state index contributed by atoms with van der Waals surface area (Å²) in [6.45, 7) is 0.122. The van der Waals surface area contributed by atoms with Crippen molar-refractivity contribution >= 4 is 33.8 Å². The van der Waals surface area contributed by atoms with Crippen LogP contribution in [0.3, 0.4) is 0 Å². The van der Waals surface area contributed by atoms with Gasteiger partial charge in [-0.3, -0.25) is 9.59 Å². The van der Waals surface area contributed by atoms with Crippen LogP contribution in [-0.4, -0.2) is 20.9 Å². The first kappa shape index (κ1) is 19.8. The Balaban J connectivity index is 1.59. The number of carbonyl (C=O) groups excluding carboxylic acids is 1. The Labute approximate surface area is 174 Å². The first-order valence-electron chi connectivity index (χ1n) is 9.13. The van der Waals surface area contributed by atoms with Gasteiger partial charge in [0.2, 0.25) is 5.91 Å². The minimum absolute atomic E-state index is 0.0146. The smallest absolute Gasteiger partial charge is 0.277 e. The van der Waals surface area contributed by atoms with Gasteiger partial charge in [-0.2, -0.15) is 0 Å². The molecule has 0 N–H and O–H groups in total. The van der Waals surface area contributed by atoms with Crippen LogP contribution in [0, 0.1) is 11.6 Å². The molecule has 1 amide bonds. The van der Waals surface area contributed by atoms with Gasteiger partial charge in [0.25, 0.3) is 5.56 Å². The molecule has 2 heterocycles. The number of hydrogen-bond donors (Lipinski definition) is 0. The summed E-state index contributed by atoms with van der Waals surface area (Å²) in [7, 11) is 0. The standard InChI is InChI=1S/C21H16F2N4O2S/c22-14-7-8-19(17(23)12-14)26(13-15-4-3-11-30-15)20(28)9-10-27-21(29)16-5-1-2-6-18(16)24-25-27/h1-8,11-12H,9-10,13H2. The Hall–Kier alpha value is -3.46. The number of nitrogens with zero attached hydrogens (tertiary/aromatic N) is 4. The molecule has 2 aromatic heterocycles. The molecule has 0 saturated carbocycles. The fraction of sp³-hybridized carbons (Fsp3) is 0.143. The van der Waals surface area contributed by atoms with Crippen molar-refractivity contribution in [2.45, 2.75) is 19.5 Å². The summed E-state index contributed by atoms with van der Waals surface area (Å²) in [6.07, 6.45) is -0.102. The van der Waals surface area contributed by atoms with E-state index < -0.39 is 17.5 Å². The predicted molar refractivity (Wildman–Crippen MR) is 110 cm³/mol. The number of aromatic nitrogens is 3. The van der Waals surface area contributed by atoms with Gasteiger partial charge in [-0.25, -0.2) is 13.5 Å². The van der Waals surface area contributed by atoms with Crippen molar-refractivity contribution in [3.05, 3.63) is 86.8 Å². The molecule has 0 atom stereocenters. The predicted octanol–water partition coefficient (Wildman–Crippen LogP) is 3.75. The lowest BCUT2D eigenvalue weighted by molar-refractivity contribution is -0.119. The molecule has 0 aliphatic rings. The third-order valence-corrected chi connectivity index (χ3v) is 5.42. The van der Waals surface area contributed by atoms with Crippen molar-refractivity contribution in [3.8, 4) is 0 Å². The van der Waals surface area contributed by atoms with Crippen LogP contribution >= 0.6 is 11.3 Å². The van der Waals surface area contributed by atoms with Gasteiger partial charge in [-0.15, -0.1) is 16.4 Å². The molecule has 2 aromatic carbocycles. The molecule has 0 fully saturated rings. The summed E-state index contributed by atoms with van der Waals surface area (Å²) in [5.41, 5.74) is 0.0932. The zero-order valence-electron chi connectivity index (χ0n) is 15.7. The summed E-state index contributed by atoms with van der Waals surface area (Å²) >= 11 is 1.42. The molecule has 152 valence electrons. The second-order valence-corrected chi connectivity index (χ2v) is 7.57. The first-order chi connectivity index (χ1) is 14.5. The van der Waals surface area contributed by atoms with Gasteiger partial charge in [-0.05, 0) is 35.7 Å². The number of fused-ring (bicyclic) bond motifs is 1. The maximum atomic E-state index is 14.4. The molecule has 4 rings (SSSR count). The second kappa shape index (κ2) is 8.50. The van der Waals surface area contributed by atoms with Crippen LogP contribution in [0.5, 0.6) is 0 Å². The van der Waals surface area contributed by atoms with Crippen LogP contribution in [-0.2, 0) is 17.9 Å². The molecule has 0 aliphatic carbocycles. The average molecular weight is 426 g/mol. The van der Waals surface area contributed by atoms with Crippen molar-refractivity contribution < 1.29 is 13.6 Å². The number of aryl methyl sites for hydroxylation is 1. The van der Waals surface area contributed by atoms with Gasteiger partial charge in [0.15, 0.2) is 0 Å². The fourth-order valence-corrected chi connectivity index (χ4v) is 3.77. The fourth-order valence-electron chi connectivity index (χ4n) is 3.07. The van der Waals surface area contributed by atoms with Gasteiger partial charge < -0.3 is 4.90 Å². The number of benzene rings is 2. The molecule has 0 spiro atoms. The number of amides is 1. The van der Waals surface area contributed by atoms with Crippen LogP contribution in [0.25, 0.3) is 10.9 Å². The van der Waals surface area contributed by atoms with Crippen molar-refractivity contribution in [3.63, 3.8) is 0 Å². The number of rotatable bonds is 6. The number of carbonyl (C=O) groups is 1. The topological polar surface area (TPSA) is 68.1 Å². The number of halogens is 2. The SMILES string of the molecule is O=C(CCn1nnc2ccccc2c1=O)N(Cc1cccs1)c1ccc(F)cc1F. The zero-order chi connectivity index (χ0) is 21.1. The van der Waals surface area contributed by atoms with E-state index in [1.54, 1.807) is 24.3 Å². The van der Waals surface area contributed by atoms with E-state index in [0.29, 0.717) is 10.9 Å². The molecule has 0 bridgehead atoms. The molecule has 0 aliphatic heterocycles. The normalized spacial score (nSPS) is 11.0. The van der Waals surface area contributed by atoms with Crippen LogP contribution in [0.4, 0.5) is 14.5 Å². The lowest BCUT2D eigenvalue weighted by atomic mass is 10.2. The summed E-state index contributed by atoms with van der Waals surface area (Å²) in [5.74, 6) is -1.98. The second-order valence-electron chi connectivity index (χ2n) is 6.54. The lowest BCUT2D eigenvalue weighted by Crippen LogP contribution is -2.33. The molecular weight excluding hydrogens is 410 g/mol. The highest BCUT2D eigenvalue weighted by Crippen LogP contribution is 2.24. The monoisotopic (exact) mass is 426 g/mol. The van der Waals surface area contributed by atoms with E-state index in [-0.39, 0.29) is 30.8 Å². The summed E-state index contributed by atoms with van der Waals surface area (Å²) in [6, 6.07) is 13.5. The van der Waals surface area contributed by atoms with E-state index in [1.807, 2.05) is 17.5 Å². The minimum Gasteiger partial charge on any atom is -0.304 e. The average Bonchev–Trinajstić information content (AvgIpc) is 3.25. The molecule has 0 radical (unpaired) electrons. The summed E-state index contributed by atoms with van der Waals surface area (Å²) in [4.78, 5) is 27.6. The van der Waals surface area contributed by atoms with Gasteiger partial charge >= 0.3 is 0 Å². The minimum atomic E-state index is -0.831. The Bertz CT molecular complexity index is 1260. The highest BCUT2D eigenvalue weighted by atomic mass is 32.1. The van der Waals surface area contributed by atoms with E-state index in [2.05, 4.69) is 10.3 Å². The van der Waals surface area contributed by atoms with Gasteiger partial charge in [-0.1, -0.05) is 23.4 Å². The lowest BCUT2D eigenvalue weighted by Gasteiger charge is -2.23. The number of anilines is 1. The van der Waals surface area contributed by atoms with Crippen LogP contribution in [0.2, 0.25) is 0 Å². The number of hydrogen-bond acceptors (Lipinski definition) is 5. The van der Waals surface area contributed by atoms with E-state index in [9.17, 15) is 18.4 Å². The van der Waals surface area contributed by atoms with Gasteiger partial charge in [0.1, 0.15) is 17.2 Å². The molecule has 0 saturated heterocycles. The largest absolute Gasteiger partial charge is 0.304 e. The summed E-state index contributed by atoms with van der Waals surface area (Å²) in [5, 5.41) is 10.1. The van der Waals surface area contributed by atoms with Crippen molar-refractivity contribution in [2.24, 2.45) is 0 Å². The zero-order valence-corrected chi connectivity index (χ0v) is 16.5. The van der Waals surface area contributed by atoms with E-state index in [0.717, 1.165) is 21.7 Å². The van der Waals surface area contributed by atoms with Gasteiger partial charge in [0, 0.05) is 17.4 Å². The van der Waals surface area contributed by atoms with Gasteiger partial charge in [0.05, 0.1) is 24.2 Å². The molecule has 30 heavy (non-hydrogen) atoms.